The minimum Gasteiger partial charge on any atom is -0.464 e. The average molecular weight is 377 g/mol. The van der Waals surface area contributed by atoms with Crippen LogP contribution < -0.4 is 0 Å². The first-order valence-electron chi connectivity index (χ1n) is 9.96. The largest absolute Gasteiger partial charge is 0.464 e. The van der Waals surface area contributed by atoms with Gasteiger partial charge in [-0.05, 0) is 69.3 Å². The van der Waals surface area contributed by atoms with E-state index in [4.69, 9.17) is 9.40 Å². The number of benzene rings is 3. The Morgan fingerprint density at radius 3 is 2.41 bits per heavy atom. The molecule has 2 nitrogen and oxygen atoms in total. The van der Waals surface area contributed by atoms with Gasteiger partial charge < -0.3 is 4.42 Å². The average Bonchev–Trinajstić information content (AvgIpc) is 3.20. The topological polar surface area (TPSA) is 26.0 Å². The molecule has 5 rings (SSSR count). The van der Waals surface area contributed by atoms with E-state index in [1.165, 1.54) is 16.3 Å². The molecular weight excluding hydrogens is 354 g/mol. The molecule has 3 aromatic carbocycles. The van der Waals surface area contributed by atoms with E-state index in [2.05, 4.69) is 87.5 Å². The smallest absolute Gasteiger partial charge is 0.134 e. The fourth-order valence-corrected chi connectivity index (χ4v) is 3.98. The van der Waals surface area contributed by atoms with Crippen molar-refractivity contribution in [3.05, 3.63) is 90.8 Å². The van der Waals surface area contributed by atoms with Gasteiger partial charge in [-0.3, -0.25) is 4.98 Å². The molecule has 0 bridgehead atoms. The summed E-state index contributed by atoms with van der Waals surface area (Å²) >= 11 is 0. The van der Waals surface area contributed by atoms with Gasteiger partial charge in [0.1, 0.15) is 5.58 Å². The van der Waals surface area contributed by atoms with Crippen molar-refractivity contribution in [1.82, 2.24) is 4.98 Å². The van der Waals surface area contributed by atoms with Crippen LogP contribution in [0.1, 0.15) is 26.3 Å². The zero-order chi connectivity index (χ0) is 20.0. The molecular formula is C27H23NO. The Bertz CT molecular complexity index is 1340. The van der Waals surface area contributed by atoms with Crippen molar-refractivity contribution in [1.29, 1.82) is 0 Å². The van der Waals surface area contributed by atoms with Gasteiger partial charge in [-0.25, -0.2) is 0 Å². The maximum Gasteiger partial charge on any atom is 0.134 e. The standard InChI is InChI=1S/C27H23NO/c1-27(2,3)24-15-22(14-21-6-4-5-7-23(21)24)25-16-20(10-12-28-25)19-9-8-18-11-13-29-26(18)17-19/h4-17H,1-3H3. The fourth-order valence-electron chi connectivity index (χ4n) is 3.98. The van der Waals surface area contributed by atoms with Gasteiger partial charge in [0.25, 0.3) is 0 Å². The maximum atomic E-state index is 5.58. The van der Waals surface area contributed by atoms with Gasteiger partial charge >= 0.3 is 0 Å². The highest BCUT2D eigenvalue weighted by molar-refractivity contribution is 5.91. The third-order valence-corrected chi connectivity index (χ3v) is 5.52. The maximum absolute atomic E-state index is 5.58. The minimum absolute atomic E-state index is 0.0531. The summed E-state index contributed by atoms with van der Waals surface area (Å²) in [6, 6.07) is 25.7. The molecule has 2 heteroatoms. The van der Waals surface area contributed by atoms with Crippen LogP contribution >= 0.6 is 0 Å². The molecule has 0 amide bonds. The molecule has 0 saturated carbocycles. The minimum atomic E-state index is 0.0531. The molecule has 142 valence electrons. The first kappa shape index (κ1) is 17.7. The van der Waals surface area contributed by atoms with Crippen molar-refractivity contribution < 1.29 is 4.42 Å². The fraction of sp³-hybridized carbons (Fsp3) is 0.148. The van der Waals surface area contributed by atoms with E-state index >= 15 is 0 Å². The number of aromatic nitrogens is 1. The Labute approximate surface area is 170 Å². The summed E-state index contributed by atoms with van der Waals surface area (Å²) in [6.45, 7) is 6.79. The third kappa shape index (κ3) is 3.21. The summed E-state index contributed by atoms with van der Waals surface area (Å²) in [5.74, 6) is 0. The summed E-state index contributed by atoms with van der Waals surface area (Å²) in [6.07, 6.45) is 3.62. The molecule has 0 atom stereocenters. The molecule has 0 N–H and O–H groups in total. The lowest BCUT2D eigenvalue weighted by molar-refractivity contribution is 0.596. The molecule has 29 heavy (non-hydrogen) atoms. The van der Waals surface area contributed by atoms with Gasteiger partial charge in [0.15, 0.2) is 0 Å². The number of pyridine rings is 1. The predicted octanol–water partition coefficient (Wildman–Crippen LogP) is 7.61. The lowest BCUT2D eigenvalue weighted by Gasteiger charge is -2.22. The Morgan fingerprint density at radius 1 is 0.724 bits per heavy atom. The molecule has 2 heterocycles. The van der Waals surface area contributed by atoms with E-state index in [1.807, 2.05) is 12.3 Å². The molecule has 0 aliphatic carbocycles. The van der Waals surface area contributed by atoms with Gasteiger partial charge in [-0.15, -0.1) is 0 Å². The van der Waals surface area contributed by atoms with E-state index in [0.29, 0.717) is 0 Å². The zero-order valence-corrected chi connectivity index (χ0v) is 16.9. The van der Waals surface area contributed by atoms with Crippen LogP contribution in [0.5, 0.6) is 0 Å². The van der Waals surface area contributed by atoms with Crippen LogP contribution in [0, 0.1) is 0 Å². The lowest BCUT2D eigenvalue weighted by Crippen LogP contribution is -2.12. The number of nitrogens with zero attached hydrogens (tertiary/aromatic N) is 1. The normalized spacial score (nSPS) is 12.0. The highest BCUT2D eigenvalue weighted by Crippen LogP contribution is 2.35. The summed E-state index contributed by atoms with van der Waals surface area (Å²) in [5.41, 5.74) is 6.70. The quantitative estimate of drug-likeness (QED) is 0.316. The van der Waals surface area contributed by atoms with Gasteiger partial charge in [0.2, 0.25) is 0 Å². The second kappa shape index (κ2) is 6.59. The summed E-state index contributed by atoms with van der Waals surface area (Å²) in [5, 5.41) is 3.68. The van der Waals surface area contributed by atoms with Crippen molar-refractivity contribution in [3.63, 3.8) is 0 Å². The third-order valence-electron chi connectivity index (χ3n) is 5.52. The molecule has 0 spiro atoms. The highest BCUT2D eigenvalue weighted by atomic mass is 16.3. The molecule has 5 aromatic rings. The SMILES string of the molecule is CC(C)(C)c1cc(-c2cc(-c3ccc4ccoc4c3)ccn2)cc2ccccc12. The van der Waals surface area contributed by atoms with E-state index in [0.717, 1.165) is 33.4 Å². The molecule has 0 fully saturated rings. The Balaban J connectivity index is 1.66. The Hall–Kier alpha value is -3.39. The van der Waals surface area contributed by atoms with Crippen LogP contribution in [-0.4, -0.2) is 4.98 Å². The number of furan rings is 1. The predicted molar refractivity (Wildman–Crippen MR) is 121 cm³/mol. The lowest BCUT2D eigenvalue weighted by atomic mass is 9.82. The monoisotopic (exact) mass is 377 g/mol. The van der Waals surface area contributed by atoms with Crippen molar-refractivity contribution in [3.8, 4) is 22.4 Å². The Kier molecular flexibility index (Phi) is 4.02. The van der Waals surface area contributed by atoms with Crippen molar-refractivity contribution in [2.75, 3.05) is 0 Å². The number of fused-ring (bicyclic) bond motifs is 2. The van der Waals surface area contributed by atoms with Gasteiger partial charge in [0, 0.05) is 17.1 Å². The van der Waals surface area contributed by atoms with Crippen LogP contribution in [0.25, 0.3) is 44.1 Å². The highest BCUT2D eigenvalue weighted by Gasteiger charge is 2.18. The van der Waals surface area contributed by atoms with Crippen LogP contribution in [0.4, 0.5) is 0 Å². The molecule has 0 saturated heterocycles. The van der Waals surface area contributed by atoms with E-state index in [-0.39, 0.29) is 5.41 Å². The van der Waals surface area contributed by atoms with Crippen molar-refractivity contribution in [2.24, 2.45) is 0 Å². The summed E-state index contributed by atoms with van der Waals surface area (Å²) in [7, 11) is 0. The van der Waals surface area contributed by atoms with Gasteiger partial charge in [0.05, 0.1) is 12.0 Å². The van der Waals surface area contributed by atoms with Crippen LogP contribution in [0.15, 0.2) is 89.7 Å². The van der Waals surface area contributed by atoms with Gasteiger partial charge in [-0.1, -0.05) is 57.2 Å². The number of hydrogen-bond acceptors (Lipinski definition) is 2. The summed E-state index contributed by atoms with van der Waals surface area (Å²) in [4.78, 5) is 4.69. The van der Waals surface area contributed by atoms with Gasteiger partial charge in [-0.2, -0.15) is 0 Å². The summed E-state index contributed by atoms with van der Waals surface area (Å²) < 4.78 is 5.58. The molecule has 0 unspecified atom stereocenters. The second-order valence-electron chi connectivity index (χ2n) is 8.60. The van der Waals surface area contributed by atoms with E-state index in [9.17, 15) is 0 Å². The first-order chi connectivity index (χ1) is 14.0. The van der Waals surface area contributed by atoms with Crippen LogP contribution in [0.2, 0.25) is 0 Å². The second-order valence-corrected chi connectivity index (χ2v) is 8.60. The first-order valence-corrected chi connectivity index (χ1v) is 9.96. The van der Waals surface area contributed by atoms with E-state index in [1.54, 1.807) is 6.26 Å². The molecule has 0 aliphatic heterocycles. The molecule has 0 radical (unpaired) electrons. The number of rotatable bonds is 2. The van der Waals surface area contributed by atoms with Crippen molar-refractivity contribution >= 4 is 21.7 Å². The van der Waals surface area contributed by atoms with E-state index < -0.39 is 0 Å². The molecule has 2 aromatic heterocycles. The van der Waals surface area contributed by atoms with Crippen molar-refractivity contribution in [2.45, 2.75) is 26.2 Å². The van der Waals surface area contributed by atoms with Crippen LogP contribution in [-0.2, 0) is 5.41 Å². The zero-order valence-electron chi connectivity index (χ0n) is 16.9. The Morgan fingerprint density at radius 2 is 1.55 bits per heavy atom. The van der Waals surface area contributed by atoms with Crippen LogP contribution in [0.3, 0.4) is 0 Å². The molecule has 0 aliphatic rings. The number of hydrogen-bond donors (Lipinski definition) is 0.